The van der Waals surface area contributed by atoms with E-state index in [1.165, 1.54) is 0 Å². The van der Waals surface area contributed by atoms with Gasteiger partial charge in [-0.05, 0) is 29.8 Å². The van der Waals surface area contributed by atoms with Crippen LogP contribution < -0.4 is 10.1 Å². The number of sulfonamides is 1. The van der Waals surface area contributed by atoms with Crippen LogP contribution in [0.4, 0.5) is 0 Å². The van der Waals surface area contributed by atoms with E-state index in [-0.39, 0.29) is 25.5 Å². The Morgan fingerprint density at radius 2 is 1.83 bits per heavy atom. The van der Waals surface area contributed by atoms with Gasteiger partial charge < -0.3 is 14.6 Å². The number of nitrogens with one attached hydrogen (secondary N) is 1. The van der Waals surface area contributed by atoms with Crippen LogP contribution in [0.25, 0.3) is 11.4 Å². The van der Waals surface area contributed by atoms with E-state index in [0.29, 0.717) is 11.6 Å². The molecule has 2 aromatic carbocycles. The van der Waals surface area contributed by atoms with Crippen LogP contribution in [-0.2, 0) is 27.9 Å². The number of hydrogen-bond donors (Lipinski definition) is 1. The second-order valence-electron chi connectivity index (χ2n) is 6.53. The van der Waals surface area contributed by atoms with Crippen molar-refractivity contribution in [3.8, 4) is 17.1 Å². The SMILES string of the molecule is COc1ccc(-c2noc(CNC(=O)CN(Cc3ccccc3)S(C)(=O)=O)n2)cc1. The molecule has 158 valence electrons. The van der Waals surface area contributed by atoms with Crippen molar-refractivity contribution in [3.05, 3.63) is 66.1 Å². The molecule has 1 heterocycles. The molecule has 0 spiro atoms. The number of aromatic nitrogens is 2. The van der Waals surface area contributed by atoms with Gasteiger partial charge in [0.2, 0.25) is 27.6 Å². The Balaban J connectivity index is 1.58. The molecule has 1 N–H and O–H groups in total. The first-order chi connectivity index (χ1) is 14.3. The monoisotopic (exact) mass is 430 g/mol. The van der Waals surface area contributed by atoms with E-state index in [0.717, 1.165) is 21.7 Å². The molecule has 10 heteroatoms. The van der Waals surface area contributed by atoms with Gasteiger partial charge in [-0.25, -0.2) is 8.42 Å². The van der Waals surface area contributed by atoms with Gasteiger partial charge in [-0.2, -0.15) is 9.29 Å². The van der Waals surface area contributed by atoms with Gasteiger partial charge in [0, 0.05) is 12.1 Å². The predicted molar refractivity (Wildman–Crippen MR) is 110 cm³/mol. The van der Waals surface area contributed by atoms with Crippen molar-refractivity contribution in [3.63, 3.8) is 0 Å². The van der Waals surface area contributed by atoms with Crippen LogP contribution in [0.1, 0.15) is 11.5 Å². The lowest BCUT2D eigenvalue weighted by atomic mass is 10.2. The van der Waals surface area contributed by atoms with E-state index in [9.17, 15) is 13.2 Å². The minimum absolute atomic E-state index is 0.00900. The van der Waals surface area contributed by atoms with E-state index in [4.69, 9.17) is 9.26 Å². The molecular formula is C20H22N4O5S. The van der Waals surface area contributed by atoms with E-state index >= 15 is 0 Å². The maximum atomic E-state index is 12.3. The lowest BCUT2D eigenvalue weighted by molar-refractivity contribution is -0.121. The summed E-state index contributed by atoms with van der Waals surface area (Å²) in [6.07, 6.45) is 1.07. The highest BCUT2D eigenvalue weighted by molar-refractivity contribution is 7.88. The van der Waals surface area contributed by atoms with Crippen LogP contribution >= 0.6 is 0 Å². The van der Waals surface area contributed by atoms with Crippen molar-refractivity contribution in [2.45, 2.75) is 13.1 Å². The van der Waals surface area contributed by atoms with Crippen molar-refractivity contribution < 1.29 is 22.5 Å². The Morgan fingerprint density at radius 3 is 2.47 bits per heavy atom. The van der Waals surface area contributed by atoms with E-state index in [1.54, 1.807) is 43.5 Å². The second kappa shape index (κ2) is 9.51. The minimum atomic E-state index is -3.57. The first kappa shape index (κ1) is 21.5. The number of rotatable bonds is 9. The zero-order valence-electron chi connectivity index (χ0n) is 16.6. The molecule has 3 rings (SSSR count). The number of benzene rings is 2. The third kappa shape index (κ3) is 5.88. The van der Waals surface area contributed by atoms with Gasteiger partial charge in [-0.15, -0.1) is 0 Å². The summed E-state index contributed by atoms with van der Waals surface area (Å²) in [6, 6.07) is 16.2. The fourth-order valence-electron chi connectivity index (χ4n) is 2.65. The highest BCUT2D eigenvalue weighted by Gasteiger charge is 2.21. The average Bonchev–Trinajstić information content (AvgIpc) is 3.21. The molecule has 1 aromatic heterocycles. The molecule has 0 radical (unpaired) electrons. The zero-order valence-corrected chi connectivity index (χ0v) is 17.4. The molecule has 0 saturated carbocycles. The zero-order chi connectivity index (χ0) is 21.6. The molecule has 0 aliphatic heterocycles. The third-order valence-electron chi connectivity index (χ3n) is 4.24. The quantitative estimate of drug-likeness (QED) is 0.551. The van der Waals surface area contributed by atoms with Crippen LogP contribution in [0.5, 0.6) is 5.75 Å². The largest absolute Gasteiger partial charge is 0.497 e. The molecule has 0 saturated heterocycles. The molecule has 0 aliphatic carbocycles. The maximum absolute atomic E-state index is 12.3. The number of carbonyl (C=O) groups is 1. The molecule has 0 bridgehead atoms. The minimum Gasteiger partial charge on any atom is -0.497 e. The summed E-state index contributed by atoms with van der Waals surface area (Å²) in [5.74, 6) is 0.827. The first-order valence-electron chi connectivity index (χ1n) is 9.08. The Bertz CT molecular complexity index is 1080. The molecular weight excluding hydrogens is 408 g/mol. The highest BCUT2D eigenvalue weighted by Crippen LogP contribution is 2.19. The van der Waals surface area contributed by atoms with Crippen LogP contribution in [0.15, 0.2) is 59.1 Å². The molecule has 30 heavy (non-hydrogen) atoms. The Morgan fingerprint density at radius 1 is 1.13 bits per heavy atom. The third-order valence-corrected chi connectivity index (χ3v) is 5.44. The number of hydrogen-bond acceptors (Lipinski definition) is 7. The Kier molecular flexibility index (Phi) is 6.80. The number of amides is 1. The molecule has 3 aromatic rings. The fourth-order valence-corrected chi connectivity index (χ4v) is 3.39. The average molecular weight is 430 g/mol. The predicted octanol–water partition coefficient (Wildman–Crippen LogP) is 1.82. The molecule has 0 aliphatic rings. The van der Waals surface area contributed by atoms with Crippen molar-refractivity contribution in [1.82, 2.24) is 19.8 Å². The molecule has 1 amide bonds. The maximum Gasteiger partial charge on any atom is 0.246 e. The second-order valence-corrected chi connectivity index (χ2v) is 8.52. The summed E-state index contributed by atoms with van der Waals surface area (Å²) < 4.78 is 35.5. The van der Waals surface area contributed by atoms with Gasteiger partial charge in [-0.3, -0.25) is 4.79 Å². The Hall–Kier alpha value is -3.24. The smallest absolute Gasteiger partial charge is 0.246 e. The molecule has 9 nitrogen and oxygen atoms in total. The molecule has 0 fully saturated rings. The van der Waals surface area contributed by atoms with Gasteiger partial charge in [-0.1, -0.05) is 35.5 Å². The summed E-state index contributed by atoms with van der Waals surface area (Å²) >= 11 is 0. The summed E-state index contributed by atoms with van der Waals surface area (Å²) in [6.45, 7) is -0.215. The van der Waals surface area contributed by atoms with E-state index < -0.39 is 15.9 Å². The van der Waals surface area contributed by atoms with E-state index in [2.05, 4.69) is 15.5 Å². The summed E-state index contributed by atoms with van der Waals surface area (Å²) in [7, 11) is -1.99. The van der Waals surface area contributed by atoms with Crippen molar-refractivity contribution in [2.75, 3.05) is 19.9 Å². The van der Waals surface area contributed by atoms with Crippen LogP contribution in [0.2, 0.25) is 0 Å². The molecule has 0 unspecified atom stereocenters. The van der Waals surface area contributed by atoms with Gasteiger partial charge in [0.1, 0.15) is 5.75 Å². The van der Waals surface area contributed by atoms with Crippen LogP contribution in [-0.4, -0.2) is 48.7 Å². The fraction of sp³-hybridized carbons (Fsp3) is 0.250. The number of methoxy groups -OCH3 is 1. The van der Waals surface area contributed by atoms with Gasteiger partial charge in [0.25, 0.3) is 0 Å². The van der Waals surface area contributed by atoms with E-state index in [1.807, 2.05) is 18.2 Å². The Labute approximate surface area is 174 Å². The van der Waals surface area contributed by atoms with Crippen LogP contribution in [0, 0.1) is 0 Å². The number of nitrogens with zero attached hydrogens (tertiary/aromatic N) is 3. The van der Waals surface area contributed by atoms with Crippen molar-refractivity contribution >= 4 is 15.9 Å². The van der Waals surface area contributed by atoms with Gasteiger partial charge >= 0.3 is 0 Å². The lowest BCUT2D eigenvalue weighted by Crippen LogP contribution is -2.39. The summed E-state index contributed by atoms with van der Waals surface area (Å²) in [5, 5.41) is 6.50. The standard InChI is InChI=1S/C20H22N4O5S/c1-28-17-10-8-16(9-11-17)20-22-19(29-23-20)12-21-18(25)14-24(30(2,26)27)13-15-6-4-3-5-7-15/h3-11H,12-14H2,1-2H3,(H,21,25). The highest BCUT2D eigenvalue weighted by atomic mass is 32.2. The summed E-state index contributed by atoms with van der Waals surface area (Å²) in [4.78, 5) is 16.5. The van der Waals surface area contributed by atoms with Gasteiger partial charge in [0.05, 0.1) is 26.5 Å². The number of ether oxygens (including phenoxy) is 1. The van der Waals surface area contributed by atoms with Crippen molar-refractivity contribution in [2.24, 2.45) is 0 Å². The lowest BCUT2D eigenvalue weighted by Gasteiger charge is -2.19. The first-order valence-corrected chi connectivity index (χ1v) is 10.9. The topological polar surface area (TPSA) is 115 Å². The normalized spacial score (nSPS) is 11.4. The van der Waals surface area contributed by atoms with Crippen molar-refractivity contribution in [1.29, 1.82) is 0 Å². The summed E-state index contributed by atoms with van der Waals surface area (Å²) in [5.41, 5.74) is 1.53. The van der Waals surface area contributed by atoms with Crippen LogP contribution in [0.3, 0.4) is 0 Å². The number of carbonyl (C=O) groups excluding carboxylic acids is 1. The molecule has 0 atom stereocenters. The van der Waals surface area contributed by atoms with Gasteiger partial charge in [0.15, 0.2) is 0 Å².